The van der Waals surface area contributed by atoms with Crippen molar-refractivity contribution in [1.29, 1.82) is 0 Å². The van der Waals surface area contributed by atoms with Crippen molar-refractivity contribution in [2.75, 3.05) is 0 Å². The minimum Gasteiger partial charge on any atom is -0.325 e. The van der Waals surface area contributed by atoms with Gasteiger partial charge in [0.2, 0.25) is 0 Å². The van der Waals surface area contributed by atoms with E-state index in [0.717, 1.165) is 35.2 Å². The normalized spacial score (nSPS) is 10.9. The van der Waals surface area contributed by atoms with Crippen LogP contribution in [0.2, 0.25) is 0 Å². The van der Waals surface area contributed by atoms with Crippen molar-refractivity contribution >= 4 is 22.7 Å². The monoisotopic (exact) mass is 268 g/mol. The molecular formula is C11H16N4S2. The Balaban J connectivity index is 1.79. The van der Waals surface area contributed by atoms with E-state index in [9.17, 15) is 0 Å². The number of aryl methyl sites for hydroxylation is 1. The standard InChI is InChI=1S/C11H16N4S2/c1-2-9-5-14-11(17-9)6-13-4-8-7-16-10(3-12)15-8/h5,7,13H,2-4,6,12H2,1H3. The Bertz CT molecular complexity index is 421. The van der Waals surface area contributed by atoms with Crippen LogP contribution >= 0.6 is 22.7 Å². The molecule has 0 bridgehead atoms. The van der Waals surface area contributed by atoms with Crippen molar-refractivity contribution in [3.63, 3.8) is 0 Å². The van der Waals surface area contributed by atoms with E-state index < -0.39 is 0 Å². The van der Waals surface area contributed by atoms with Crippen LogP contribution in [0.5, 0.6) is 0 Å². The molecule has 3 N–H and O–H groups in total. The lowest BCUT2D eigenvalue weighted by molar-refractivity contribution is 0.677. The lowest BCUT2D eigenvalue weighted by atomic mass is 10.4. The smallest absolute Gasteiger partial charge is 0.107 e. The maximum absolute atomic E-state index is 5.52. The summed E-state index contributed by atoms with van der Waals surface area (Å²) in [5.74, 6) is 0. The molecule has 0 fully saturated rings. The molecule has 0 radical (unpaired) electrons. The number of nitrogens with zero attached hydrogens (tertiary/aromatic N) is 2. The van der Waals surface area contributed by atoms with Gasteiger partial charge < -0.3 is 11.1 Å². The summed E-state index contributed by atoms with van der Waals surface area (Å²) in [5, 5.41) is 7.52. The number of hydrogen-bond acceptors (Lipinski definition) is 6. The Kier molecular flexibility index (Phi) is 4.61. The summed E-state index contributed by atoms with van der Waals surface area (Å²) in [6.07, 6.45) is 3.01. The number of aromatic nitrogens is 2. The topological polar surface area (TPSA) is 63.8 Å². The molecule has 2 rings (SSSR count). The summed E-state index contributed by atoms with van der Waals surface area (Å²) >= 11 is 3.38. The third-order valence-corrected chi connectivity index (χ3v) is 4.37. The van der Waals surface area contributed by atoms with Crippen molar-refractivity contribution in [3.05, 3.63) is 32.2 Å². The van der Waals surface area contributed by atoms with Crippen LogP contribution in [0.25, 0.3) is 0 Å². The van der Waals surface area contributed by atoms with E-state index in [1.807, 2.05) is 6.20 Å². The van der Waals surface area contributed by atoms with Gasteiger partial charge in [-0.3, -0.25) is 0 Å². The molecule has 0 atom stereocenters. The predicted molar refractivity (Wildman–Crippen MR) is 72.0 cm³/mol. The van der Waals surface area contributed by atoms with Gasteiger partial charge in [0, 0.05) is 36.1 Å². The lowest BCUT2D eigenvalue weighted by Gasteiger charge is -1.98. The van der Waals surface area contributed by atoms with Gasteiger partial charge in [0.25, 0.3) is 0 Å². The average molecular weight is 268 g/mol. The highest BCUT2D eigenvalue weighted by molar-refractivity contribution is 7.11. The molecule has 2 heterocycles. The van der Waals surface area contributed by atoms with Crippen molar-refractivity contribution in [1.82, 2.24) is 15.3 Å². The zero-order valence-corrected chi connectivity index (χ0v) is 11.4. The Morgan fingerprint density at radius 2 is 2.24 bits per heavy atom. The van der Waals surface area contributed by atoms with Crippen LogP contribution in [0, 0.1) is 0 Å². The van der Waals surface area contributed by atoms with Gasteiger partial charge in [-0.05, 0) is 6.42 Å². The Morgan fingerprint density at radius 3 is 2.88 bits per heavy atom. The molecule has 0 saturated carbocycles. The van der Waals surface area contributed by atoms with E-state index >= 15 is 0 Å². The first-order valence-electron chi connectivity index (χ1n) is 5.59. The van der Waals surface area contributed by atoms with Gasteiger partial charge in [-0.2, -0.15) is 0 Å². The molecular weight excluding hydrogens is 252 g/mol. The highest BCUT2D eigenvalue weighted by Gasteiger charge is 2.02. The van der Waals surface area contributed by atoms with Gasteiger partial charge in [-0.1, -0.05) is 6.92 Å². The molecule has 2 aromatic heterocycles. The molecule has 0 amide bonds. The van der Waals surface area contributed by atoms with E-state index in [-0.39, 0.29) is 0 Å². The van der Waals surface area contributed by atoms with Crippen LogP contribution in [-0.2, 0) is 26.1 Å². The van der Waals surface area contributed by atoms with E-state index in [1.165, 1.54) is 4.88 Å². The molecule has 4 nitrogen and oxygen atoms in total. The molecule has 0 unspecified atom stereocenters. The molecule has 6 heteroatoms. The lowest BCUT2D eigenvalue weighted by Crippen LogP contribution is -2.12. The maximum Gasteiger partial charge on any atom is 0.107 e. The summed E-state index contributed by atoms with van der Waals surface area (Å²) in [6.45, 7) is 4.25. The van der Waals surface area contributed by atoms with Crippen LogP contribution < -0.4 is 11.1 Å². The summed E-state index contributed by atoms with van der Waals surface area (Å²) in [4.78, 5) is 10.1. The zero-order valence-electron chi connectivity index (χ0n) is 9.77. The first-order valence-corrected chi connectivity index (χ1v) is 7.29. The quantitative estimate of drug-likeness (QED) is 0.840. The second-order valence-electron chi connectivity index (χ2n) is 3.61. The van der Waals surface area contributed by atoms with Crippen molar-refractivity contribution in [2.24, 2.45) is 5.73 Å². The number of thiazole rings is 2. The van der Waals surface area contributed by atoms with Crippen LogP contribution in [0.15, 0.2) is 11.6 Å². The van der Waals surface area contributed by atoms with Gasteiger partial charge in [0.15, 0.2) is 0 Å². The minimum atomic E-state index is 0.525. The molecule has 0 aromatic carbocycles. The van der Waals surface area contributed by atoms with Crippen molar-refractivity contribution in [3.8, 4) is 0 Å². The van der Waals surface area contributed by atoms with Gasteiger partial charge in [0.1, 0.15) is 10.0 Å². The maximum atomic E-state index is 5.52. The van der Waals surface area contributed by atoms with E-state index in [1.54, 1.807) is 22.7 Å². The van der Waals surface area contributed by atoms with Gasteiger partial charge in [-0.15, -0.1) is 22.7 Å². The fraction of sp³-hybridized carbons (Fsp3) is 0.455. The van der Waals surface area contributed by atoms with Gasteiger partial charge >= 0.3 is 0 Å². The molecule has 17 heavy (non-hydrogen) atoms. The SMILES string of the molecule is CCc1cnc(CNCc2csc(CN)n2)s1. The summed E-state index contributed by atoms with van der Waals surface area (Å²) in [5.41, 5.74) is 6.58. The second-order valence-corrected chi connectivity index (χ2v) is 5.76. The van der Waals surface area contributed by atoms with Gasteiger partial charge in [0.05, 0.1) is 5.69 Å². The van der Waals surface area contributed by atoms with Crippen LogP contribution in [0.4, 0.5) is 0 Å². The van der Waals surface area contributed by atoms with E-state index in [4.69, 9.17) is 5.73 Å². The molecule has 2 aromatic rings. The fourth-order valence-corrected chi connectivity index (χ4v) is 2.92. The molecule has 0 aliphatic rings. The summed E-state index contributed by atoms with van der Waals surface area (Å²) in [6, 6.07) is 0. The van der Waals surface area contributed by atoms with Gasteiger partial charge in [-0.25, -0.2) is 9.97 Å². The molecule has 0 aliphatic heterocycles. The summed E-state index contributed by atoms with van der Waals surface area (Å²) in [7, 11) is 0. The van der Waals surface area contributed by atoms with E-state index in [0.29, 0.717) is 6.54 Å². The number of rotatable bonds is 6. The fourth-order valence-electron chi connectivity index (χ4n) is 1.41. The van der Waals surface area contributed by atoms with Crippen LogP contribution in [0.3, 0.4) is 0 Å². The highest BCUT2D eigenvalue weighted by atomic mass is 32.1. The molecule has 0 spiro atoms. The Morgan fingerprint density at radius 1 is 1.35 bits per heavy atom. The average Bonchev–Trinajstić information content (AvgIpc) is 2.97. The molecule has 0 aliphatic carbocycles. The summed E-state index contributed by atoms with van der Waals surface area (Å²) < 4.78 is 0. The minimum absolute atomic E-state index is 0.525. The first-order chi connectivity index (χ1) is 8.31. The Hall–Kier alpha value is -0.820. The first kappa shape index (κ1) is 12.6. The molecule has 92 valence electrons. The Labute approximate surface area is 109 Å². The number of hydrogen-bond donors (Lipinski definition) is 2. The van der Waals surface area contributed by atoms with Crippen molar-refractivity contribution in [2.45, 2.75) is 33.0 Å². The zero-order chi connectivity index (χ0) is 12.1. The number of nitrogens with two attached hydrogens (primary N) is 1. The highest BCUT2D eigenvalue weighted by Crippen LogP contribution is 2.13. The predicted octanol–water partition coefficient (Wildman–Crippen LogP) is 1.91. The molecule has 0 saturated heterocycles. The van der Waals surface area contributed by atoms with Crippen molar-refractivity contribution < 1.29 is 0 Å². The third kappa shape index (κ3) is 3.57. The number of nitrogens with one attached hydrogen (secondary N) is 1. The van der Waals surface area contributed by atoms with E-state index in [2.05, 4.69) is 27.6 Å². The van der Waals surface area contributed by atoms with Crippen LogP contribution in [-0.4, -0.2) is 9.97 Å². The third-order valence-electron chi connectivity index (χ3n) is 2.31. The largest absolute Gasteiger partial charge is 0.325 e. The second kappa shape index (κ2) is 6.20. The van der Waals surface area contributed by atoms with Crippen LogP contribution in [0.1, 0.15) is 27.5 Å².